The summed E-state index contributed by atoms with van der Waals surface area (Å²) in [5, 5.41) is 3.45. The highest BCUT2D eigenvalue weighted by Crippen LogP contribution is 2.33. The number of nitrogens with zero attached hydrogens (tertiary/aromatic N) is 2. The van der Waals surface area contributed by atoms with Crippen molar-refractivity contribution >= 4 is 28.7 Å². The minimum Gasteiger partial charge on any atom is -0.353 e. The van der Waals surface area contributed by atoms with Gasteiger partial charge in [0.05, 0.1) is 28.9 Å². The van der Waals surface area contributed by atoms with E-state index in [-0.39, 0.29) is 23.2 Å². The Morgan fingerprint density at radius 3 is 2.47 bits per heavy atom. The van der Waals surface area contributed by atoms with E-state index in [0.29, 0.717) is 23.1 Å². The molecule has 3 rings (SSSR count). The van der Waals surface area contributed by atoms with Crippen molar-refractivity contribution < 1.29 is 18.0 Å². The fourth-order valence-electron chi connectivity index (χ4n) is 2.91. The maximum absolute atomic E-state index is 13.1. The van der Waals surface area contributed by atoms with E-state index in [9.17, 15) is 18.0 Å². The van der Waals surface area contributed by atoms with Gasteiger partial charge in [0, 0.05) is 6.04 Å². The van der Waals surface area contributed by atoms with E-state index in [0.717, 1.165) is 17.7 Å². The van der Waals surface area contributed by atoms with E-state index in [1.807, 2.05) is 55.7 Å². The molecule has 8 heteroatoms. The van der Waals surface area contributed by atoms with Gasteiger partial charge in [-0.3, -0.25) is 4.79 Å². The number of alkyl halides is 3. The topological polar surface area (TPSA) is 46.9 Å². The molecule has 1 heterocycles. The summed E-state index contributed by atoms with van der Waals surface area (Å²) in [4.78, 5) is 16.7. The van der Waals surface area contributed by atoms with Crippen molar-refractivity contribution in [3.05, 3.63) is 59.7 Å². The normalized spacial score (nSPS) is 13.0. The van der Waals surface area contributed by atoms with Crippen molar-refractivity contribution in [2.75, 3.05) is 5.75 Å². The number of fused-ring (bicyclic) bond motifs is 1. The Morgan fingerprint density at radius 2 is 1.83 bits per heavy atom. The van der Waals surface area contributed by atoms with E-state index < -0.39 is 11.7 Å². The summed E-state index contributed by atoms with van der Waals surface area (Å²) in [6.07, 6.45) is -4.43. The second-order valence-corrected chi connectivity index (χ2v) is 8.50. The lowest BCUT2D eigenvalue weighted by atomic mass is 10.1. The van der Waals surface area contributed by atoms with Gasteiger partial charge in [0.25, 0.3) is 0 Å². The zero-order valence-electron chi connectivity index (χ0n) is 17.0. The van der Waals surface area contributed by atoms with E-state index in [4.69, 9.17) is 0 Å². The molecule has 1 N–H and O–H groups in total. The molecular formula is C22H24F3N3OS. The molecule has 1 amide bonds. The van der Waals surface area contributed by atoms with Gasteiger partial charge in [0.2, 0.25) is 5.91 Å². The van der Waals surface area contributed by atoms with Crippen molar-refractivity contribution in [1.82, 2.24) is 14.9 Å². The fraction of sp³-hybridized carbons (Fsp3) is 0.364. The van der Waals surface area contributed by atoms with Gasteiger partial charge in [0.1, 0.15) is 0 Å². The van der Waals surface area contributed by atoms with Crippen LogP contribution in [0.5, 0.6) is 0 Å². The van der Waals surface area contributed by atoms with Gasteiger partial charge in [-0.05, 0) is 36.6 Å². The molecule has 0 aliphatic rings. The number of hydrogen-bond acceptors (Lipinski definition) is 3. The number of carbonyl (C=O) groups is 1. The van der Waals surface area contributed by atoms with Crippen LogP contribution in [0.1, 0.15) is 31.9 Å². The molecule has 0 spiro atoms. The molecule has 1 aromatic heterocycles. The summed E-state index contributed by atoms with van der Waals surface area (Å²) in [6.45, 7) is 6.44. The Labute approximate surface area is 177 Å². The van der Waals surface area contributed by atoms with Gasteiger partial charge < -0.3 is 9.88 Å². The van der Waals surface area contributed by atoms with Crippen LogP contribution in [0, 0.1) is 5.92 Å². The number of nitrogens with one attached hydrogen (secondary N) is 1. The molecule has 3 aromatic rings. The van der Waals surface area contributed by atoms with E-state index in [1.165, 1.54) is 17.8 Å². The van der Waals surface area contributed by atoms with Crippen LogP contribution in [-0.4, -0.2) is 27.3 Å². The highest BCUT2D eigenvalue weighted by atomic mass is 32.2. The summed E-state index contributed by atoms with van der Waals surface area (Å²) in [5.41, 5.74) is 1.13. The predicted molar refractivity (Wildman–Crippen MR) is 113 cm³/mol. The second-order valence-electron chi connectivity index (χ2n) is 7.56. The van der Waals surface area contributed by atoms with Crippen LogP contribution in [0.25, 0.3) is 11.0 Å². The highest BCUT2D eigenvalue weighted by Gasteiger charge is 2.31. The monoisotopic (exact) mass is 435 g/mol. The van der Waals surface area contributed by atoms with Crippen molar-refractivity contribution in [2.24, 2.45) is 5.92 Å². The largest absolute Gasteiger partial charge is 0.416 e. The van der Waals surface area contributed by atoms with Crippen molar-refractivity contribution in [1.29, 1.82) is 0 Å². The molecule has 4 nitrogen and oxygen atoms in total. The van der Waals surface area contributed by atoms with Gasteiger partial charge in [0.15, 0.2) is 5.16 Å². The highest BCUT2D eigenvalue weighted by molar-refractivity contribution is 7.99. The minimum atomic E-state index is -4.43. The first-order valence-electron chi connectivity index (χ1n) is 9.68. The minimum absolute atomic E-state index is 0.0376. The molecule has 0 fully saturated rings. The lowest BCUT2D eigenvalue weighted by Gasteiger charge is -2.17. The summed E-state index contributed by atoms with van der Waals surface area (Å²) < 4.78 is 41.2. The average Bonchev–Trinajstić information content (AvgIpc) is 3.03. The molecule has 0 aliphatic carbocycles. The Kier molecular flexibility index (Phi) is 6.75. The number of halogens is 3. The molecule has 160 valence electrons. The molecule has 1 atom stereocenters. The molecule has 30 heavy (non-hydrogen) atoms. The number of rotatable bonds is 7. The summed E-state index contributed by atoms with van der Waals surface area (Å²) in [6, 6.07) is 13.2. The van der Waals surface area contributed by atoms with Gasteiger partial charge in [-0.2, -0.15) is 13.2 Å². The van der Waals surface area contributed by atoms with E-state index in [2.05, 4.69) is 10.3 Å². The van der Waals surface area contributed by atoms with Gasteiger partial charge in [-0.25, -0.2) is 4.98 Å². The predicted octanol–water partition coefficient (Wildman–Crippen LogP) is 5.36. The Balaban J connectivity index is 1.90. The van der Waals surface area contributed by atoms with Gasteiger partial charge >= 0.3 is 6.18 Å². The SMILES string of the molecule is CC(C)[C@@H](C)NC(=O)CSc1nc2cc(C(F)(F)F)ccc2n1Cc1ccccc1. The van der Waals surface area contributed by atoms with Crippen LogP contribution in [-0.2, 0) is 17.5 Å². The fourth-order valence-corrected chi connectivity index (χ4v) is 3.73. The van der Waals surface area contributed by atoms with E-state index in [1.54, 1.807) is 0 Å². The van der Waals surface area contributed by atoms with Crippen molar-refractivity contribution in [3.63, 3.8) is 0 Å². The quantitative estimate of drug-likeness (QED) is 0.509. The maximum atomic E-state index is 13.1. The number of amides is 1. The first-order valence-corrected chi connectivity index (χ1v) is 10.7. The molecule has 0 aliphatic heterocycles. The van der Waals surface area contributed by atoms with Crippen LogP contribution in [0.2, 0.25) is 0 Å². The number of imidazole rings is 1. The summed E-state index contributed by atoms with van der Waals surface area (Å²) >= 11 is 1.23. The Morgan fingerprint density at radius 1 is 1.13 bits per heavy atom. The maximum Gasteiger partial charge on any atom is 0.416 e. The Hall–Kier alpha value is -2.48. The van der Waals surface area contributed by atoms with Crippen LogP contribution >= 0.6 is 11.8 Å². The zero-order valence-corrected chi connectivity index (χ0v) is 17.8. The van der Waals surface area contributed by atoms with Crippen LogP contribution in [0.3, 0.4) is 0 Å². The third-order valence-electron chi connectivity index (χ3n) is 4.95. The molecule has 0 saturated heterocycles. The molecule has 0 unspecified atom stereocenters. The Bertz CT molecular complexity index is 1020. The number of benzene rings is 2. The molecule has 0 bridgehead atoms. The van der Waals surface area contributed by atoms with Crippen LogP contribution in [0.4, 0.5) is 13.2 Å². The smallest absolute Gasteiger partial charge is 0.353 e. The second kappa shape index (κ2) is 9.12. The van der Waals surface area contributed by atoms with Gasteiger partial charge in [-0.15, -0.1) is 0 Å². The van der Waals surface area contributed by atoms with Crippen molar-refractivity contribution in [3.8, 4) is 0 Å². The molecule has 2 aromatic carbocycles. The van der Waals surface area contributed by atoms with E-state index >= 15 is 0 Å². The first-order chi connectivity index (χ1) is 14.1. The molecule has 0 radical (unpaired) electrons. The van der Waals surface area contributed by atoms with Crippen LogP contribution in [0.15, 0.2) is 53.7 Å². The number of aromatic nitrogens is 2. The number of hydrogen-bond donors (Lipinski definition) is 1. The third-order valence-corrected chi connectivity index (χ3v) is 5.92. The van der Waals surface area contributed by atoms with Crippen LogP contribution < -0.4 is 5.32 Å². The standard InChI is InChI=1S/C22H24F3N3OS/c1-14(2)15(3)26-20(29)13-30-21-27-18-11-17(22(23,24)25)9-10-19(18)28(21)12-16-7-5-4-6-8-16/h4-11,14-15H,12-13H2,1-3H3,(H,26,29)/t15-/m1/s1. The summed E-state index contributed by atoms with van der Waals surface area (Å²) in [7, 11) is 0. The average molecular weight is 436 g/mol. The first kappa shape index (κ1) is 22.2. The lowest BCUT2D eigenvalue weighted by Crippen LogP contribution is -2.37. The third kappa shape index (κ3) is 5.36. The molecule has 0 saturated carbocycles. The summed E-state index contributed by atoms with van der Waals surface area (Å²) in [5.74, 6) is 0.319. The zero-order chi connectivity index (χ0) is 21.9. The number of thioether (sulfide) groups is 1. The van der Waals surface area contributed by atoms with Gasteiger partial charge in [-0.1, -0.05) is 55.9 Å². The number of carbonyl (C=O) groups excluding carboxylic acids is 1. The molecular weight excluding hydrogens is 411 g/mol. The van der Waals surface area contributed by atoms with Crippen molar-refractivity contribution in [2.45, 2.75) is 44.7 Å². The lowest BCUT2D eigenvalue weighted by molar-refractivity contribution is -0.137.